The van der Waals surface area contributed by atoms with Crippen molar-refractivity contribution >= 4 is 6.09 Å². The molecule has 0 aliphatic carbocycles. The van der Waals surface area contributed by atoms with Crippen LogP contribution in [0.15, 0.2) is 10.3 Å². The van der Waals surface area contributed by atoms with Gasteiger partial charge in [-0.05, 0) is 40.0 Å². The van der Waals surface area contributed by atoms with Crippen molar-refractivity contribution in [3.8, 4) is 0 Å². The first-order valence-electron chi connectivity index (χ1n) is 6.00. The Bertz CT molecular complexity index is 286. The smallest absolute Gasteiger partial charge is 0.410 e. The summed E-state index contributed by atoms with van der Waals surface area (Å²) < 4.78 is 5.34. The van der Waals surface area contributed by atoms with Gasteiger partial charge in [0, 0.05) is 13.1 Å². The fourth-order valence-electron chi connectivity index (χ4n) is 1.80. The van der Waals surface area contributed by atoms with E-state index >= 15 is 0 Å². The summed E-state index contributed by atoms with van der Waals surface area (Å²) in [6, 6.07) is -0.00461. The van der Waals surface area contributed by atoms with Crippen molar-refractivity contribution in [2.24, 2.45) is 16.2 Å². The highest BCUT2D eigenvalue weighted by Crippen LogP contribution is 2.17. The van der Waals surface area contributed by atoms with Crippen LogP contribution in [-0.4, -0.2) is 35.7 Å². The number of nitrogens with two attached hydrogens (primary N) is 1. The Balaban J connectivity index is 2.59. The van der Waals surface area contributed by atoms with E-state index in [9.17, 15) is 4.79 Å². The molecular formula is C11H22N4O2. The Hall–Kier alpha value is -1.33. The third kappa shape index (κ3) is 5.01. The predicted molar refractivity (Wildman–Crippen MR) is 64.5 cm³/mol. The third-order valence-electron chi connectivity index (χ3n) is 2.53. The van der Waals surface area contributed by atoms with Crippen LogP contribution in [0, 0.1) is 0 Å². The van der Waals surface area contributed by atoms with Crippen molar-refractivity contribution in [1.29, 1.82) is 0 Å². The number of hydrogen-bond donors (Lipinski definition) is 1. The molecule has 17 heavy (non-hydrogen) atoms. The van der Waals surface area contributed by atoms with E-state index in [-0.39, 0.29) is 12.1 Å². The largest absolute Gasteiger partial charge is 0.444 e. The number of likely N-dealkylation sites (tertiary alicyclic amines) is 1. The standard InChI is InChI=1S/C11H22N4O2/c1-11(2,3)17-10(16)15-7-5-4-6-9(8-15)13-14-12/h9H,4-8H2,1-3H3,(H2,12,13)/t9-/m1/s1. The molecule has 0 spiro atoms. The first kappa shape index (κ1) is 13.7. The summed E-state index contributed by atoms with van der Waals surface area (Å²) in [4.78, 5) is 13.6. The molecule has 0 aromatic heterocycles. The topological polar surface area (TPSA) is 80.3 Å². The van der Waals surface area contributed by atoms with Crippen molar-refractivity contribution < 1.29 is 9.53 Å². The monoisotopic (exact) mass is 242 g/mol. The molecule has 0 saturated carbocycles. The van der Waals surface area contributed by atoms with Gasteiger partial charge in [0.1, 0.15) is 5.60 Å². The Morgan fingerprint density at radius 1 is 1.41 bits per heavy atom. The van der Waals surface area contributed by atoms with Crippen molar-refractivity contribution in [2.75, 3.05) is 13.1 Å². The molecule has 1 rings (SSSR count). The minimum absolute atomic E-state index is 0.00461. The van der Waals surface area contributed by atoms with Gasteiger partial charge in [0.05, 0.1) is 6.04 Å². The Labute approximate surface area is 102 Å². The SMILES string of the molecule is CC(C)(C)OC(=O)N1CCCC[C@@H](N=NN)C1. The van der Waals surface area contributed by atoms with Gasteiger partial charge in [0.15, 0.2) is 0 Å². The lowest BCUT2D eigenvalue weighted by Gasteiger charge is -2.27. The normalized spacial score (nSPS) is 22.5. The Morgan fingerprint density at radius 2 is 2.12 bits per heavy atom. The molecule has 1 amide bonds. The molecule has 1 fully saturated rings. The molecule has 0 unspecified atom stereocenters. The van der Waals surface area contributed by atoms with Gasteiger partial charge in [-0.25, -0.2) is 4.79 Å². The second-order valence-corrected chi connectivity index (χ2v) is 5.31. The van der Waals surface area contributed by atoms with E-state index < -0.39 is 5.60 Å². The van der Waals surface area contributed by atoms with E-state index in [4.69, 9.17) is 10.6 Å². The van der Waals surface area contributed by atoms with Crippen LogP contribution in [-0.2, 0) is 4.74 Å². The summed E-state index contributed by atoms with van der Waals surface area (Å²) in [6.45, 7) is 6.83. The van der Waals surface area contributed by atoms with Crippen LogP contribution in [0.1, 0.15) is 40.0 Å². The van der Waals surface area contributed by atoms with Crippen LogP contribution in [0.5, 0.6) is 0 Å². The summed E-state index contributed by atoms with van der Waals surface area (Å²) in [6.07, 6.45) is 2.63. The van der Waals surface area contributed by atoms with Gasteiger partial charge in [-0.15, -0.1) is 0 Å². The summed E-state index contributed by atoms with van der Waals surface area (Å²) in [5, 5.41) is 7.24. The molecule has 0 radical (unpaired) electrons. The van der Waals surface area contributed by atoms with Crippen LogP contribution in [0.25, 0.3) is 0 Å². The fraction of sp³-hybridized carbons (Fsp3) is 0.909. The average molecular weight is 242 g/mol. The van der Waals surface area contributed by atoms with Gasteiger partial charge in [-0.1, -0.05) is 5.22 Å². The molecule has 0 aromatic carbocycles. The predicted octanol–water partition coefficient (Wildman–Crippen LogP) is 2.10. The van der Waals surface area contributed by atoms with Gasteiger partial charge >= 0.3 is 6.09 Å². The minimum atomic E-state index is -0.464. The highest BCUT2D eigenvalue weighted by Gasteiger charge is 2.26. The average Bonchev–Trinajstić information content (AvgIpc) is 2.41. The maximum atomic E-state index is 11.9. The number of ether oxygens (including phenoxy) is 1. The molecular weight excluding hydrogens is 220 g/mol. The lowest BCUT2D eigenvalue weighted by molar-refractivity contribution is 0.0249. The Kier molecular flexibility index (Phi) is 4.72. The molecule has 0 aromatic rings. The summed E-state index contributed by atoms with van der Waals surface area (Å²) in [5.41, 5.74) is -0.464. The maximum Gasteiger partial charge on any atom is 0.410 e. The number of nitrogens with zero attached hydrogens (tertiary/aromatic N) is 3. The molecule has 1 aliphatic rings. The summed E-state index contributed by atoms with van der Waals surface area (Å²) in [5.74, 6) is 5.06. The summed E-state index contributed by atoms with van der Waals surface area (Å²) >= 11 is 0. The quantitative estimate of drug-likeness (QED) is 0.434. The molecule has 0 bridgehead atoms. The molecule has 1 saturated heterocycles. The lowest BCUT2D eigenvalue weighted by atomic mass is 10.1. The van der Waals surface area contributed by atoms with E-state index in [0.717, 1.165) is 19.3 Å². The van der Waals surface area contributed by atoms with E-state index in [1.54, 1.807) is 4.90 Å². The van der Waals surface area contributed by atoms with Crippen molar-refractivity contribution in [1.82, 2.24) is 4.90 Å². The number of amides is 1. The van der Waals surface area contributed by atoms with Gasteiger partial charge in [0.25, 0.3) is 0 Å². The third-order valence-corrected chi connectivity index (χ3v) is 2.53. The van der Waals surface area contributed by atoms with Crippen LogP contribution < -0.4 is 5.84 Å². The van der Waals surface area contributed by atoms with Crippen molar-refractivity contribution in [2.45, 2.75) is 51.7 Å². The van der Waals surface area contributed by atoms with Crippen LogP contribution >= 0.6 is 0 Å². The van der Waals surface area contributed by atoms with E-state index in [0.29, 0.717) is 13.1 Å². The van der Waals surface area contributed by atoms with Crippen molar-refractivity contribution in [3.63, 3.8) is 0 Å². The van der Waals surface area contributed by atoms with Crippen molar-refractivity contribution in [3.05, 3.63) is 0 Å². The molecule has 2 N–H and O–H groups in total. The summed E-state index contributed by atoms with van der Waals surface area (Å²) in [7, 11) is 0. The van der Waals surface area contributed by atoms with Crippen LogP contribution in [0.3, 0.4) is 0 Å². The molecule has 6 heteroatoms. The number of carbonyl (C=O) groups is 1. The van der Waals surface area contributed by atoms with E-state index in [2.05, 4.69) is 10.3 Å². The molecule has 6 nitrogen and oxygen atoms in total. The Morgan fingerprint density at radius 3 is 2.71 bits per heavy atom. The first-order valence-corrected chi connectivity index (χ1v) is 6.00. The van der Waals surface area contributed by atoms with E-state index in [1.807, 2.05) is 20.8 Å². The van der Waals surface area contributed by atoms with Gasteiger partial charge < -0.3 is 15.5 Å². The van der Waals surface area contributed by atoms with Gasteiger partial charge in [0.2, 0.25) is 0 Å². The molecule has 98 valence electrons. The second-order valence-electron chi connectivity index (χ2n) is 5.31. The van der Waals surface area contributed by atoms with Gasteiger partial charge in [-0.2, -0.15) is 5.11 Å². The minimum Gasteiger partial charge on any atom is -0.444 e. The maximum absolute atomic E-state index is 11.9. The van der Waals surface area contributed by atoms with Gasteiger partial charge in [-0.3, -0.25) is 0 Å². The first-order chi connectivity index (χ1) is 7.92. The van der Waals surface area contributed by atoms with Crippen LogP contribution in [0.2, 0.25) is 0 Å². The number of hydrogen-bond acceptors (Lipinski definition) is 4. The zero-order chi connectivity index (χ0) is 12.9. The zero-order valence-electron chi connectivity index (χ0n) is 10.8. The highest BCUT2D eigenvalue weighted by molar-refractivity contribution is 5.68. The number of carbonyl (C=O) groups excluding carboxylic acids is 1. The highest BCUT2D eigenvalue weighted by atomic mass is 16.6. The fourth-order valence-corrected chi connectivity index (χ4v) is 1.80. The lowest BCUT2D eigenvalue weighted by Crippen LogP contribution is -2.39. The van der Waals surface area contributed by atoms with E-state index in [1.165, 1.54) is 0 Å². The van der Waals surface area contributed by atoms with Crippen LogP contribution in [0.4, 0.5) is 4.79 Å². The molecule has 1 heterocycles. The second kappa shape index (κ2) is 5.84. The molecule has 1 aliphatic heterocycles. The molecule has 1 atom stereocenters. The zero-order valence-corrected chi connectivity index (χ0v) is 10.8. The number of rotatable bonds is 1.